The zero-order chi connectivity index (χ0) is 15.7. The zero-order valence-corrected chi connectivity index (χ0v) is 13.2. The summed E-state index contributed by atoms with van der Waals surface area (Å²) in [4.78, 5) is 30.8. The second-order valence-corrected chi connectivity index (χ2v) is 6.34. The van der Waals surface area contributed by atoms with Gasteiger partial charge in [-0.15, -0.1) is 0 Å². The number of aromatic nitrogens is 2. The topological polar surface area (TPSA) is 55.2 Å². The third-order valence-electron chi connectivity index (χ3n) is 4.23. The first-order valence-corrected chi connectivity index (χ1v) is 7.85. The number of benzene rings is 1. The highest BCUT2D eigenvalue weighted by Gasteiger charge is 2.20. The standard InChI is InChI=1S/C16H18ClN3O2/c1-11-4-6-19(7-5-11)15(21)9-20-10-18-14-3-2-12(17)8-13(14)16(20)22/h2-3,8,10-11H,4-7,9H2,1H3. The van der Waals surface area contributed by atoms with Gasteiger partial charge in [0, 0.05) is 18.1 Å². The minimum atomic E-state index is -0.230. The molecule has 0 radical (unpaired) electrons. The molecule has 2 heterocycles. The molecular formula is C16H18ClN3O2. The van der Waals surface area contributed by atoms with Gasteiger partial charge in [-0.1, -0.05) is 18.5 Å². The number of hydrogen-bond donors (Lipinski definition) is 0. The average molecular weight is 320 g/mol. The van der Waals surface area contributed by atoms with E-state index in [-0.39, 0.29) is 18.0 Å². The molecule has 1 fully saturated rings. The fourth-order valence-electron chi connectivity index (χ4n) is 2.75. The number of hydrogen-bond acceptors (Lipinski definition) is 3. The van der Waals surface area contributed by atoms with Crippen LogP contribution in [0.25, 0.3) is 10.9 Å². The fourth-order valence-corrected chi connectivity index (χ4v) is 2.92. The van der Waals surface area contributed by atoms with Crippen molar-refractivity contribution in [1.29, 1.82) is 0 Å². The maximum Gasteiger partial charge on any atom is 0.261 e. The van der Waals surface area contributed by atoms with E-state index in [4.69, 9.17) is 11.6 Å². The number of rotatable bonds is 2. The minimum absolute atomic E-state index is 0.0304. The van der Waals surface area contributed by atoms with Crippen molar-refractivity contribution < 1.29 is 4.79 Å². The molecule has 1 aliphatic rings. The van der Waals surface area contributed by atoms with Crippen LogP contribution in [0.3, 0.4) is 0 Å². The first kappa shape index (κ1) is 15.0. The molecule has 0 atom stereocenters. The van der Waals surface area contributed by atoms with E-state index in [9.17, 15) is 9.59 Å². The monoisotopic (exact) mass is 319 g/mol. The summed E-state index contributed by atoms with van der Waals surface area (Å²) in [6, 6.07) is 4.99. The van der Waals surface area contributed by atoms with E-state index in [0.717, 1.165) is 25.9 Å². The maximum atomic E-state index is 12.4. The first-order valence-electron chi connectivity index (χ1n) is 7.47. The molecule has 0 aliphatic carbocycles. The van der Waals surface area contributed by atoms with Gasteiger partial charge in [0.25, 0.3) is 5.56 Å². The van der Waals surface area contributed by atoms with Gasteiger partial charge in [0.2, 0.25) is 5.91 Å². The van der Waals surface area contributed by atoms with Crippen LogP contribution in [0.4, 0.5) is 0 Å². The van der Waals surface area contributed by atoms with E-state index >= 15 is 0 Å². The quantitative estimate of drug-likeness (QED) is 0.853. The maximum absolute atomic E-state index is 12.4. The third kappa shape index (κ3) is 2.99. The lowest BCUT2D eigenvalue weighted by Gasteiger charge is -2.30. The lowest BCUT2D eigenvalue weighted by Crippen LogP contribution is -2.41. The Balaban J connectivity index is 1.83. The van der Waals surface area contributed by atoms with Gasteiger partial charge in [-0.05, 0) is 37.0 Å². The van der Waals surface area contributed by atoms with Gasteiger partial charge in [-0.3, -0.25) is 14.2 Å². The van der Waals surface area contributed by atoms with Crippen molar-refractivity contribution >= 4 is 28.4 Å². The Morgan fingerprint density at radius 3 is 2.82 bits per heavy atom. The second-order valence-electron chi connectivity index (χ2n) is 5.90. The smallest absolute Gasteiger partial charge is 0.261 e. The van der Waals surface area contributed by atoms with Crippen LogP contribution in [-0.2, 0) is 11.3 Å². The molecule has 1 aromatic carbocycles. The van der Waals surface area contributed by atoms with E-state index in [1.165, 1.54) is 10.9 Å². The molecule has 5 nitrogen and oxygen atoms in total. The summed E-state index contributed by atoms with van der Waals surface area (Å²) in [5.41, 5.74) is 0.358. The molecule has 116 valence electrons. The Kier molecular flexibility index (Phi) is 4.16. The van der Waals surface area contributed by atoms with Gasteiger partial charge in [0.1, 0.15) is 6.54 Å². The molecule has 3 rings (SSSR count). The Labute approximate surface area is 133 Å². The average Bonchev–Trinajstić information content (AvgIpc) is 2.51. The Morgan fingerprint density at radius 2 is 2.09 bits per heavy atom. The molecule has 1 aliphatic heterocycles. The Bertz CT molecular complexity index is 764. The van der Waals surface area contributed by atoms with Gasteiger partial charge in [-0.25, -0.2) is 4.98 Å². The predicted molar refractivity (Wildman–Crippen MR) is 86.0 cm³/mol. The van der Waals surface area contributed by atoms with Crippen LogP contribution >= 0.6 is 11.6 Å². The molecule has 1 saturated heterocycles. The molecule has 6 heteroatoms. The van der Waals surface area contributed by atoms with Gasteiger partial charge in [0.05, 0.1) is 17.2 Å². The molecule has 1 aromatic heterocycles. The molecule has 2 aromatic rings. The Morgan fingerprint density at radius 1 is 1.36 bits per heavy atom. The summed E-state index contributed by atoms with van der Waals surface area (Å²) >= 11 is 5.93. The molecule has 0 N–H and O–H groups in total. The Hall–Kier alpha value is -1.88. The van der Waals surface area contributed by atoms with Crippen molar-refractivity contribution in [1.82, 2.24) is 14.5 Å². The van der Waals surface area contributed by atoms with Crippen molar-refractivity contribution in [2.45, 2.75) is 26.3 Å². The van der Waals surface area contributed by atoms with Gasteiger partial charge >= 0.3 is 0 Å². The number of amides is 1. The predicted octanol–water partition coefficient (Wildman–Crippen LogP) is 2.31. The SMILES string of the molecule is CC1CCN(C(=O)Cn2cnc3ccc(Cl)cc3c2=O)CC1. The highest BCUT2D eigenvalue weighted by atomic mass is 35.5. The highest BCUT2D eigenvalue weighted by molar-refractivity contribution is 6.31. The zero-order valence-electron chi connectivity index (χ0n) is 12.5. The summed E-state index contributed by atoms with van der Waals surface area (Å²) in [5, 5.41) is 0.926. The number of halogens is 1. The van der Waals surface area contributed by atoms with Crippen LogP contribution in [0.2, 0.25) is 5.02 Å². The molecule has 0 bridgehead atoms. The van der Waals surface area contributed by atoms with Gasteiger partial charge < -0.3 is 4.90 Å². The third-order valence-corrected chi connectivity index (χ3v) is 4.46. The summed E-state index contributed by atoms with van der Waals surface area (Å²) in [7, 11) is 0. The first-order chi connectivity index (χ1) is 10.5. The van der Waals surface area contributed by atoms with E-state index in [0.29, 0.717) is 21.8 Å². The van der Waals surface area contributed by atoms with Crippen LogP contribution < -0.4 is 5.56 Å². The van der Waals surface area contributed by atoms with E-state index < -0.39 is 0 Å². The van der Waals surface area contributed by atoms with Crippen molar-refractivity contribution in [2.75, 3.05) is 13.1 Å². The number of nitrogens with zero attached hydrogens (tertiary/aromatic N) is 3. The molecule has 0 saturated carbocycles. The van der Waals surface area contributed by atoms with Gasteiger partial charge in [0.15, 0.2) is 0 Å². The summed E-state index contributed by atoms with van der Waals surface area (Å²) in [6.07, 6.45) is 3.47. The number of likely N-dealkylation sites (tertiary alicyclic amines) is 1. The molecular weight excluding hydrogens is 302 g/mol. The normalized spacial score (nSPS) is 16.2. The number of fused-ring (bicyclic) bond motifs is 1. The number of carbonyl (C=O) groups is 1. The molecule has 22 heavy (non-hydrogen) atoms. The molecule has 0 unspecified atom stereocenters. The van der Waals surface area contributed by atoms with Crippen molar-refractivity contribution in [2.24, 2.45) is 5.92 Å². The van der Waals surface area contributed by atoms with Crippen LogP contribution in [0, 0.1) is 5.92 Å². The number of piperidine rings is 1. The lowest BCUT2D eigenvalue weighted by molar-refractivity contribution is -0.133. The number of carbonyl (C=O) groups excluding carboxylic acids is 1. The minimum Gasteiger partial charge on any atom is -0.341 e. The van der Waals surface area contributed by atoms with E-state index in [1.54, 1.807) is 18.2 Å². The van der Waals surface area contributed by atoms with Crippen LogP contribution in [-0.4, -0.2) is 33.4 Å². The highest BCUT2D eigenvalue weighted by Crippen LogP contribution is 2.17. The van der Waals surface area contributed by atoms with Crippen molar-refractivity contribution in [3.05, 3.63) is 39.9 Å². The van der Waals surface area contributed by atoms with Crippen LogP contribution in [0.1, 0.15) is 19.8 Å². The largest absolute Gasteiger partial charge is 0.341 e. The summed E-state index contributed by atoms with van der Waals surface area (Å²) in [5.74, 6) is 0.633. The lowest BCUT2D eigenvalue weighted by atomic mass is 9.99. The van der Waals surface area contributed by atoms with Gasteiger partial charge in [-0.2, -0.15) is 0 Å². The molecule has 1 amide bonds. The van der Waals surface area contributed by atoms with Crippen LogP contribution in [0.5, 0.6) is 0 Å². The van der Waals surface area contributed by atoms with Crippen molar-refractivity contribution in [3.8, 4) is 0 Å². The van der Waals surface area contributed by atoms with E-state index in [1.807, 2.05) is 4.90 Å². The van der Waals surface area contributed by atoms with Crippen LogP contribution in [0.15, 0.2) is 29.3 Å². The van der Waals surface area contributed by atoms with Crippen molar-refractivity contribution in [3.63, 3.8) is 0 Å². The van der Waals surface area contributed by atoms with E-state index in [2.05, 4.69) is 11.9 Å². The second kappa shape index (κ2) is 6.08. The fraction of sp³-hybridized carbons (Fsp3) is 0.438. The summed E-state index contributed by atoms with van der Waals surface area (Å²) in [6.45, 7) is 3.76. The molecule has 0 spiro atoms. The summed E-state index contributed by atoms with van der Waals surface area (Å²) < 4.78 is 1.36.